The van der Waals surface area contributed by atoms with E-state index in [4.69, 9.17) is 9.47 Å². The molecule has 1 atom stereocenters. The third kappa shape index (κ3) is 3.38. The smallest absolute Gasteiger partial charge is 0.251 e. The summed E-state index contributed by atoms with van der Waals surface area (Å²) in [6, 6.07) is 13.4. The zero-order valence-electron chi connectivity index (χ0n) is 16.2. The Morgan fingerprint density at radius 2 is 1.96 bits per heavy atom. The number of carbonyl (C=O) groups is 1. The van der Waals surface area contributed by atoms with Gasteiger partial charge < -0.3 is 25.4 Å². The number of amides is 1. The maximum Gasteiger partial charge on any atom is 0.251 e. The number of methoxy groups -OCH3 is 1. The van der Waals surface area contributed by atoms with Gasteiger partial charge in [-0.25, -0.2) is 0 Å². The molecule has 28 heavy (non-hydrogen) atoms. The van der Waals surface area contributed by atoms with Crippen LogP contribution in [0.15, 0.2) is 53.7 Å². The van der Waals surface area contributed by atoms with Crippen LogP contribution in [0, 0.1) is 0 Å². The molecule has 0 aromatic heterocycles. The number of fused-ring (bicyclic) bond motifs is 1. The van der Waals surface area contributed by atoms with Crippen LogP contribution >= 0.6 is 0 Å². The van der Waals surface area contributed by atoms with Crippen molar-refractivity contribution in [1.29, 1.82) is 0 Å². The van der Waals surface area contributed by atoms with E-state index in [0.717, 1.165) is 41.2 Å². The average molecular weight is 379 g/mol. The van der Waals surface area contributed by atoms with E-state index in [2.05, 4.69) is 22.9 Å². The van der Waals surface area contributed by atoms with Gasteiger partial charge in [-0.2, -0.15) is 0 Å². The number of anilines is 2. The molecule has 2 aromatic rings. The van der Waals surface area contributed by atoms with E-state index < -0.39 is 0 Å². The van der Waals surface area contributed by atoms with Crippen molar-refractivity contribution in [3.8, 4) is 11.5 Å². The van der Waals surface area contributed by atoms with E-state index in [0.29, 0.717) is 24.5 Å². The van der Waals surface area contributed by atoms with Crippen LogP contribution in [-0.2, 0) is 4.79 Å². The van der Waals surface area contributed by atoms with Crippen molar-refractivity contribution in [3.63, 3.8) is 0 Å². The molecule has 0 saturated heterocycles. The number of para-hydroxylation sites is 2. The Labute approximate surface area is 164 Å². The number of nitrogens with one attached hydrogen (secondary N) is 3. The highest BCUT2D eigenvalue weighted by atomic mass is 16.5. The van der Waals surface area contributed by atoms with E-state index in [-0.39, 0.29) is 11.9 Å². The molecule has 4 rings (SSSR count). The van der Waals surface area contributed by atoms with Gasteiger partial charge in [0.15, 0.2) is 0 Å². The lowest BCUT2D eigenvalue weighted by molar-refractivity contribution is -0.116. The predicted octanol–water partition coefficient (Wildman–Crippen LogP) is 3.84. The molecule has 3 N–H and O–H groups in total. The van der Waals surface area contributed by atoms with E-state index in [9.17, 15) is 4.79 Å². The first-order chi connectivity index (χ1) is 13.7. The van der Waals surface area contributed by atoms with Crippen molar-refractivity contribution in [2.24, 2.45) is 0 Å². The highest BCUT2D eigenvalue weighted by Gasteiger charge is 2.35. The van der Waals surface area contributed by atoms with E-state index in [1.807, 2.05) is 42.5 Å². The van der Waals surface area contributed by atoms with Crippen LogP contribution in [0.3, 0.4) is 0 Å². The standard InChI is InChI=1S/C22H25N3O3/c1-3-4-11-28-14-9-10-15(19(12-14)27-2)21-20-18(13-23-22(20)26)24-16-7-5-6-8-17(16)25-21/h5-10,12,21,24-25H,3-4,11,13H2,1-2H3,(H,23,26). The van der Waals surface area contributed by atoms with Crippen LogP contribution in [0.4, 0.5) is 11.4 Å². The first kappa shape index (κ1) is 18.2. The zero-order valence-corrected chi connectivity index (χ0v) is 16.2. The summed E-state index contributed by atoms with van der Waals surface area (Å²) in [5.41, 5.74) is 4.37. The fourth-order valence-corrected chi connectivity index (χ4v) is 3.61. The van der Waals surface area contributed by atoms with Gasteiger partial charge in [0, 0.05) is 17.3 Å². The summed E-state index contributed by atoms with van der Waals surface area (Å²) in [6.07, 6.45) is 2.09. The van der Waals surface area contributed by atoms with Crippen LogP contribution < -0.4 is 25.4 Å². The maximum atomic E-state index is 12.6. The minimum atomic E-state index is -0.326. The SMILES string of the molecule is CCCCOc1ccc(C2Nc3ccccc3NC3=C2C(=O)NC3)c(OC)c1. The lowest BCUT2D eigenvalue weighted by atomic mass is 9.96. The Bertz CT molecular complexity index is 923. The largest absolute Gasteiger partial charge is 0.496 e. The topological polar surface area (TPSA) is 71.6 Å². The molecule has 0 fully saturated rings. The Morgan fingerprint density at radius 3 is 2.75 bits per heavy atom. The highest BCUT2D eigenvalue weighted by molar-refractivity contribution is 6.01. The van der Waals surface area contributed by atoms with Gasteiger partial charge in [0.2, 0.25) is 0 Å². The normalized spacial score (nSPS) is 17.6. The summed E-state index contributed by atoms with van der Waals surface area (Å²) < 4.78 is 11.5. The van der Waals surface area contributed by atoms with E-state index in [1.165, 1.54) is 0 Å². The Kier molecular flexibility index (Phi) is 5.10. The molecule has 2 aliphatic heterocycles. The van der Waals surface area contributed by atoms with Crippen LogP contribution in [0.1, 0.15) is 31.4 Å². The quantitative estimate of drug-likeness (QED) is 0.665. The number of benzene rings is 2. The molecule has 2 aromatic carbocycles. The molecule has 6 heteroatoms. The predicted molar refractivity (Wildman–Crippen MR) is 110 cm³/mol. The fourth-order valence-electron chi connectivity index (χ4n) is 3.61. The molecular weight excluding hydrogens is 354 g/mol. The molecule has 2 heterocycles. The molecule has 0 radical (unpaired) electrons. The summed E-state index contributed by atoms with van der Waals surface area (Å²) in [6.45, 7) is 3.30. The molecule has 0 bridgehead atoms. The molecule has 2 aliphatic rings. The third-order valence-corrected chi connectivity index (χ3v) is 5.08. The third-order valence-electron chi connectivity index (χ3n) is 5.08. The summed E-state index contributed by atoms with van der Waals surface area (Å²) in [5.74, 6) is 1.39. The lowest BCUT2D eigenvalue weighted by Gasteiger charge is -2.22. The van der Waals surface area contributed by atoms with Gasteiger partial charge >= 0.3 is 0 Å². The van der Waals surface area contributed by atoms with Crippen molar-refractivity contribution < 1.29 is 14.3 Å². The summed E-state index contributed by atoms with van der Waals surface area (Å²) in [7, 11) is 1.64. The van der Waals surface area contributed by atoms with Crippen molar-refractivity contribution in [2.45, 2.75) is 25.8 Å². The molecule has 0 aliphatic carbocycles. The first-order valence-electron chi connectivity index (χ1n) is 9.65. The second-order valence-corrected chi connectivity index (χ2v) is 6.93. The van der Waals surface area contributed by atoms with Crippen molar-refractivity contribution in [3.05, 3.63) is 59.3 Å². The average Bonchev–Trinajstić information content (AvgIpc) is 2.98. The van der Waals surface area contributed by atoms with Gasteiger partial charge in [-0.1, -0.05) is 25.5 Å². The van der Waals surface area contributed by atoms with Crippen LogP contribution in [0.2, 0.25) is 0 Å². The number of hydrogen-bond donors (Lipinski definition) is 3. The second-order valence-electron chi connectivity index (χ2n) is 6.93. The van der Waals surface area contributed by atoms with Crippen LogP contribution in [-0.4, -0.2) is 26.2 Å². The summed E-state index contributed by atoms with van der Waals surface area (Å²) >= 11 is 0. The molecule has 146 valence electrons. The first-order valence-corrected chi connectivity index (χ1v) is 9.65. The Balaban J connectivity index is 1.73. The number of unbranched alkanes of at least 4 members (excludes halogenated alkanes) is 1. The van der Waals surface area contributed by atoms with Gasteiger partial charge in [-0.05, 0) is 30.7 Å². The van der Waals surface area contributed by atoms with Crippen molar-refractivity contribution >= 4 is 17.3 Å². The summed E-state index contributed by atoms with van der Waals surface area (Å²) in [4.78, 5) is 12.6. The fraction of sp³-hybridized carbons (Fsp3) is 0.318. The van der Waals surface area contributed by atoms with Gasteiger partial charge in [0.05, 0.1) is 43.3 Å². The monoisotopic (exact) mass is 379 g/mol. The minimum absolute atomic E-state index is 0.0712. The minimum Gasteiger partial charge on any atom is -0.496 e. The number of carbonyl (C=O) groups excluding carboxylic acids is 1. The Morgan fingerprint density at radius 1 is 1.14 bits per heavy atom. The van der Waals surface area contributed by atoms with E-state index >= 15 is 0 Å². The van der Waals surface area contributed by atoms with Crippen molar-refractivity contribution in [1.82, 2.24) is 5.32 Å². The molecule has 0 saturated carbocycles. The zero-order chi connectivity index (χ0) is 19.5. The molecule has 1 unspecified atom stereocenters. The maximum absolute atomic E-state index is 12.6. The molecule has 0 spiro atoms. The van der Waals surface area contributed by atoms with Crippen molar-refractivity contribution in [2.75, 3.05) is 30.9 Å². The summed E-state index contributed by atoms with van der Waals surface area (Å²) in [5, 5.41) is 9.85. The molecule has 1 amide bonds. The molecule has 6 nitrogen and oxygen atoms in total. The van der Waals surface area contributed by atoms with Gasteiger partial charge in [-0.3, -0.25) is 4.79 Å². The van der Waals surface area contributed by atoms with Gasteiger partial charge in [-0.15, -0.1) is 0 Å². The van der Waals surface area contributed by atoms with Crippen LogP contribution in [0.5, 0.6) is 11.5 Å². The van der Waals surface area contributed by atoms with Crippen LogP contribution in [0.25, 0.3) is 0 Å². The van der Waals surface area contributed by atoms with Gasteiger partial charge in [0.25, 0.3) is 5.91 Å². The van der Waals surface area contributed by atoms with E-state index in [1.54, 1.807) is 7.11 Å². The van der Waals surface area contributed by atoms with Gasteiger partial charge in [0.1, 0.15) is 11.5 Å². The second kappa shape index (κ2) is 7.84. The number of hydrogen-bond acceptors (Lipinski definition) is 5. The highest BCUT2D eigenvalue weighted by Crippen LogP contribution is 2.41. The Hall–Kier alpha value is -3.15. The number of ether oxygens (including phenoxy) is 2. The molecular formula is C22H25N3O3. The lowest BCUT2D eigenvalue weighted by Crippen LogP contribution is -2.24. The number of rotatable bonds is 6.